The van der Waals surface area contributed by atoms with Crippen LogP contribution in [0.1, 0.15) is 59.9 Å². The lowest BCUT2D eigenvalue weighted by Crippen LogP contribution is -2.83. The average Bonchev–Trinajstić information content (AvgIpc) is 3.21. The number of fused-ring (bicyclic) bond motifs is 1. The molecule has 2 aromatic carbocycles. The number of carbonyl (C=O) groups excluding carboxylic acids is 1. The topological polar surface area (TPSA) is 151 Å². The summed E-state index contributed by atoms with van der Waals surface area (Å²) in [6, 6.07) is 11.4. The van der Waals surface area contributed by atoms with Crippen molar-refractivity contribution < 1.29 is 10.1 Å². The Morgan fingerprint density at radius 3 is 2.51 bits per heavy atom. The maximum Gasteiger partial charge on any atom is 0.323 e. The van der Waals surface area contributed by atoms with E-state index in [-0.39, 0.29) is 29.7 Å². The van der Waals surface area contributed by atoms with Gasteiger partial charge in [-0.1, -0.05) is 19.4 Å². The van der Waals surface area contributed by atoms with Crippen molar-refractivity contribution in [2.45, 2.75) is 53.1 Å². The number of nitrogens with two attached hydrogens (primary N) is 1. The summed E-state index contributed by atoms with van der Waals surface area (Å²) in [6.07, 6.45) is 2.82. The van der Waals surface area contributed by atoms with Gasteiger partial charge in [-0.05, 0) is 68.1 Å². The van der Waals surface area contributed by atoms with E-state index in [1.54, 1.807) is 6.07 Å². The van der Waals surface area contributed by atoms with Gasteiger partial charge in [0.25, 0.3) is 11.5 Å². The van der Waals surface area contributed by atoms with Gasteiger partial charge < -0.3 is 31.0 Å². The number of imidazole rings is 1. The van der Waals surface area contributed by atoms with Crippen LogP contribution in [-0.2, 0) is 13.0 Å². The molecule has 0 spiro atoms. The summed E-state index contributed by atoms with van der Waals surface area (Å²) in [6.45, 7) is 8.06. The summed E-state index contributed by atoms with van der Waals surface area (Å²) in [5.41, 5.74) is 6.38. The van der Waals surface area contributed by atoms with Crippen molar-refractivity contribution in [3.8, 4) is 11.1 Å². The number of rotatable bonds is 9. The van der Waals surface area contributed by atoms with Crippen molar-refractivity contribution in [3.05, 3.63) is 85.2 Å². The Bertz CT molecular complexity index is 1590. The van der Waals surface area contributed by atoms with Gasteiger partial charge in [0, 0.05) is 30.1 Å². The fourth-order valence-corrected chi connectivity index (χ4v) is 4.64. The quantitative estimate of drug-likeness (QED) is 0.154. The number of H-pyrrole nitrogens is 3. The van der Waals surface area contributed by atoms with Crippen LogP contribution in [0.15, 0.2) is 46.0 Å². The molecule has 0 fully saturated rings. The predicted octanol–water partition coefficient (Wildman–Crippen LogP) is 3.00. The lowest BCUT2D eigenvalue weighted by atomic mass is 9.96. The van der Waals surface area contributed by atoms with E-state index >= 15 is 0 Å². The van der Waals surface area contributed by atoms with Gasteiger partial charge in [-0.3, -0.25) is 9.59 Å². The molecule has 0 radical (unpaired) electrons. The zero-order valence-electron chi connectivity index (χ0n) is 21.5. The van der Waals surface area contributed by atoms with E-state index in [1.807, 2.05) is 63.3 Å². The minimum atomic E-state index is -0.364. The highest BCUT2D eigenvalue weighted by Gasteiger charge is 2.20. The van der Waals surface area contributed by atoms with Gasteiger partial charge in [0.15, 0.2) is 0 Å². The molecule has 2 aromatic heterocycles. The molecule has 0 aliphatic heterocycles. The number of amides is 1. The third kappa shape index (κ3) is 5.62. The molecule has 1 amide bonds. The highest BCUT2D eigenvalue weighted by atomic mass is 16.2. The Hall–Kier alpha value is -4.24. The normalized spacial score (nSPS) is 11.3. The zero-order chi connectivity index (χ0) is 26.7. The van der Waals surface area contributed by atoms with Crippen LogP contribution < -0.4 is 21.9 Å². The standard InChI is InChI=1S/C28H32N6O3/c1-5-6-18-9-16(4)32-27(36)22(18)14-30-26(35)20-10-19(12-24(21(20)13-29)31-15(2)3)17-7-8-23-25(11-17)34-28(37)33-23/h7-13,15,29,31H,5-6,14H2,1-4H3,(H,30,35)(H,32,36)(H2,33,34,37)/p+1. The maximum absolute atomic E-state index is 13.5. The molecule has 0 atom stereocenters. The van der Waals surface area contributed by atoms with Gasteiger partial charge in [0.2, 0.25) is 0 Å². The summed E-state index contributed by atoms with van der Waals surface area (Å²) < 4.78 is 0. The molecule has 37 heavy (non-hydrogen) atoms. The Morgan fingerprint density at radius 2 is 1.81 bits per heavy atom. The number of aromatic nitrogens is 3. The Kier molecular flexibility index (Phi) is 7.54. The molecule has 0 saturated carbocycles. The number of carbonyl (C=O) groups is 1. The smallest absolute Gasteiger partial charge is 0.323 e. The summed E-state index contributed by atoms with van der Waals surface area (Å²) >= 11 is 0. The fraction of sp³-hybridized carbons (Fsp3) is 0.286. The Morgan fingerprint density at radius 1 is 1.05 bits per heavy atom. The number of hydrogen-bond donors (Lipinski definition) is 6. The monoisotopic (exact) mass is 501 g/mol. The van der Waals surface area contributed by atoms with Crippen LogP contribution in [0.3, 0.4) is 0 Å². The van der Waals surface area contributed by atoms with Crippen LogP contribution in [0.25, 0.3) is 22.2 Å². The minimum absolute atomic E-state index is 0.0885. The van der Waals surface area contributed by atoms with Crippen molar-refractivity contribution in [2.75, 3.05) is 0 Å². The van der Waals surface area contributed by atoms with Gasteiger partial charge in [-0.15, -0.1) is 0 Å². The lowest BCUT2D eigenvalue weighted by molar-refractivity contribution is -0.603. The third-order valence-electron chi connectivity index (χ3n) is 6.27. The van der Waals surface area contributed by atoms with E-state index in [2.05, 4.69) is 20.3 Å². The molecule has 0 bridgehead atoms. The van der Waals surface area contributed by atoms with Crippen molar-refractivity contribution >= 4 is 28.8 Å². The molecule has 2 heterocycles. The highest BCUT2D eigenvalue weighted by Crippen LogP contribution is 2.28. The van der Waals surface area contributed by atoms with E-state index in [1.165, 1.54) is 6.21 Å². The first kappa shape index (κ1) is 25.8. The van der Waals surface area contributed by atoms with Crippen molar-refractivity contribution in [1.82, 2.24) is 20.3 Å². The summed E-state index contributed by atoms with van der Waals surface area (Å²) in [7, 11) is 0. The van der Waals surface area contributed by atoms with Gasteiger partial charge in [0.05, 0.1) is 28.2 Å². The molecule has 4 aromatic rings. The van der Waals surface area contributed by atoms with Crippen LogP contribution in [0.2, 0.25) is 0 Å². The molecule has 0 unspecified atom stereocenters. The molecule has 0 aliphatic rings. The van der Waals surface area contributed by atoms with Crippen LogP contribution in [0.5, 0.6) is 0 Å². The second-order valence-electron chi connectivity index (χ2n) is 9.64. The van der Waals surface area contributed by atoms with Crippen LogP contribution in [-0.4, -0.2) is 33.1 Å². The van der Waals surface area contributed by atoms with Gasteiger partial charge >= 0.3 is 5.69 Å². The van der Waals surface area contributed by atoms with E-state index in [0.717, 1.165) is 40.9 Å². The summed E-state index contributed by atoms with van der Waals surface area (Å²) in [5.74, 6) is -0.364. The lowest BCUT2D eigenvalue weighted by Gasteiger charge is -2.15. The summed E-state index contributed by atoms with van der Waals surface area (Å²) in [4.78, 5) is 46.2. The molecule has 9 heteroatoms. The highest BCUT2D eigenvalue weighted by molar-refractivity contribution is 6.05. The van der Waals surface area contributed by atoms with E-state index in [0.29, 0.717) is 27.7 Å². The number of benzene rings is 2. The third-order valence-corrected chi connectivity index (χ3v) is 6.27. The molecule has 9 nitrogen and oxygen atoms in total. The SMILES string of the molecule is CCCc1cc(C)[nH]c(=O)c1CNC(=O)c1cc(-c2ccc3[nH]c(=O)[nH]c3c2)cc([NH2+]C(C)C)c1C=N. The molecule has 4 rings (SSSR count). The van der Waals surface area contributed by atoms with Crippen LogP contribution in [0, 0.1) is 12.3 Å². The minimum Gasteiger partial charge on any atom is -0.348 e. The summed E-state index contributed by atoms with van der Waals surface area (Å²) in [5, 5.41) is 13.0. The first-order valence-electron chi connectivity index (χ1n) is 12.5. The molecular weight excluding hydrogens is 468 g/mol. The molecule has 192 valence electrons. The molecule has 0 aliphatic carbocycles. The number of nitrogens with one attached hydrogen (secondary N) is 5. The van der Waals surface area contributed by atoms with Gasteiger partial charge in [0.1, 0.15) is 5.69 Å². The first-order valence-corrected chi connectivity index (χ1v) is 12.5. The fourth-order valence-electron chi connectivity index (χ4n) is 4.64. The maximum atomic E-state index is 13.5. The first-order chi connectivity index (χ1) is 17.7. The number of aromatic amines is 3. The second kappa shape index (κ2) is 10.8. The Balaban J connectivity index is 1.75. The molecule has 7 N–H and O–H groups in total. The predicted molar refractivity (Wildman–Crippen MR) is 146 cm³/mol. The second-order valence-corrected chi connectivity index (χ2v) is 9.64. The van der Waals surface area contributed by atoms with Crippen molar-refractivity contribution in [3.63, 3.8) is 0 Å². The van der Waals surface area contributed by atoms with Crippen molar-refractivity contribution in [2.24, 2.45) is 0 Å². The number of pyridine rings is 1. The van der Waals surface area contributed by atoms with Gasteiger partial charge in [-0.25, -0.2) is 4.79 Å². The van der Waals surface area contributed by atoms with Gasteiger partial charge in [-0.2, -0.15) is 0 Å². The van der Waals surface area contributed by atoms with E-state index in [9.17, 15) is 14.4 Å². The zero-order valence-corrected chi connectivity index (χ0v) is 21.5. The van der Waals surface area contributed by atoms with Crippen LogP contribution in [0.4, 0.5) is 5.69 Å². The van der Waals surface area contributed by atoms with Crippen LogP contribution >= 0.6 is 0 Å². The Labute approximate surface area is 214 Å². The number of hydrogen-bond acceptors (Lipinski definition) is 4. The molecule has 0 saturated heterocycles. The molecular formula is C28H33N6O3+. The average molecular weight is 502 g/mol. The number of quaternary nitrogens is 1. The number of aryl methyl sites for hydroxylation is 2. The largest absolute Gasteiger partial charge is 0.348 e. The van der Waals surface area contributed by atoms with E-state index in [4.69, 9.17) is 5.41 Å². The van der Waals surface area contributed by atoms with Crippen molar-refractivity contribution in [1.29, 1.82) is 5.41 Å². The van der Waals surface area contributed by atoms with E-state index < -0.39 is 0 Å².